The molecule has 1 aliphatic carbocycles. The lowest BCUT2D eigenvalue weighted by atomic mass is 9.91. The van der Waals surface area contributed by atoms with Crippen LogP contribution in [0.25, 0.3) is 0 Å². The van der Waals surface area contributed by atoms with Crippen LogP contribution >= 0.6 is 11.6 Å². The number of nitrogens with zero attached hydrogens (tertiary/aromatic N) is 1. The molecule has 1 unspecified atom stereocenters. The first kappa shape index (κ1) is 13.8. The zero-order chi connectivity index (χ0) is 12.3. The Hall–Kier alpha value is -0.290. The Bertz CT molecular complexity index is 351. The van der Waals surface area contributed by atoms with Gasteiger partial charge in [-0.2, -0.15) is 0 Å². The number of halogens is 1. The quantitative estimate of drug-likeness (QED) is 0.700. The van der Waals surface area contributed by atoms with E-state index >= 15 is 0 Å². The van der Waals surface area contributed by atoms with E-state index in [0.29, 0.717) is 12.4 Å². The number of alkyl halides is 1. The summed E-state index contributed by atoms with van der Waals surface area (Å²) in [6.07, 6.45) is 4.11. The number of rotatable bonds is 5. The molecule has 0 spiro atoms. The van der Waals surface area contributed by atoms with E-state index < -0.39 is 15.1 Å². The minimum Gasteiger partial charge on any atom is -0.337 e. The third kappa shape index (κ3) is 3.10. The van der Waals surface area contributed by atoms with E-state index in [1.165, 1.54) is 6.92 Å². The highest BCUT2D eigenvalue weighted by Gasteiger charge is 2.34. The molecule has 1 fully saturated rings. The van der Waals surface area contributed by atoms with Crippen molar-refractivity contribution in [2.45, 2.75) is 37.5 Å². The molecule has 6 heteroatoms. The number of hydrogen-bond donors (Lipinski definition) is 0. The highest BCUT2D eigenvalue weighted by atomic mass is 35.5. The lowest BCUT2D eigenvalue weighted by molar-refractivity contribution is -0.134. The van der Waals surface area contributed by atoms with Crippen LogP contribution in [-0.2, 0) is 14.6 Å². The Morgan fingerprint density at radius 1 is 1.50 bits per heavy atom. The molecule has 0 aromatic rings. The zero-order valence-corrected chi connectivity index (χ0v) is 11.2. The van der Waals surface area contributed by atoms with Crippen LogP contribution in [0.3, 0.4) is 0 Å². The molecule has 0 heterocycles. The van der Waals surface area contributed by atoms with Gasteiger partial charge >= 0.3 is 0 Å². The van der Waals surface area contributed by atoms with Gasteiger partial charge in [0.2, 0.25) is 5.91 Å². The van der Waals surface area contributed by atoms with Crippen molar-refractivity contribution in [1.29, 1.82) is 0 Å². The van der Waals surface area contributed by atoms with Gasteiger partial charge in [-0.15, -0.1) is 11.6 Å². The van der Waals surface area contributed by atoms with Gasteiger partial charge in [-0.25, -0.2) is 8.42 Å². The number of sulfone groups is 1. The summed E-state index contributed by atoms with van der Waals surface area (Å²) in [6.45, 7) is 1.88. The second-order valence-corrected chi connectivity index (χ2v) is 7.02. The van der Waals surface area contributed by atoms with Crippen molar-refractivity contribution in [3.8, 4) is 0 Å². The summed E-state index contributed by atoms with van der Waals surface area (Å²) in [5, 5.41) is -0.962. The molecule has 1 amide bonds. The predicted octanol–water partition coefficient (Wildman–Crippen LogP) is 1.04. The zero-order valence-electron chi connectivity index (χ0n) is 9.65. The van der Waals surface area contributed by atoms with Gasteiger partial charge in [-0.1, -0.05) is 0 Å². The van der Waals surface area contributed by atoms with E-state index in [1.807, 2.05) is 0 Å². The molecule has 1 aliphatic rings. The highest BCUT2D eigenvalue weighted by molar-refractivity contribution is 7.92. The molecule has 1 saturated carbocycles. The van der Waals surface area contributed by atoms with E-state index in [0.717, 1.165) is 25.5 Å². The van der Waals surface area contributed by atoms with Crippen LogP contribution in [0.2, 0.25) is 0 Å². The van der Waals surface area contributed by atoms with Gasteiger partial charge in [0.15, 0.2) is 9.84 Å². The van der Waals surface area contributed by atoms with E-state index in [1.54, 1.807) is 4.90 Å². The van der Waals surface area contributed by atoms with Crippen LogP contribution in [0.4, 0.5) is 0 Å². The maximum atomic E-state index is 12.0. The highest BCUT2D eigenvalue weighted by Crippen LogP contribution is 2.25. The third-order valence-corrected chi connectivity index (χ3v) is 4.77. The van der Waals surface area contributed by atoms with E-state index in [9.17, 15) is 13.2 Å². The van der Waals surface area contributed by atoms with Crippen molar-refractivity contribution in [2.75, 3.05) is 18.7 Å². The lowest BCUT2D eigenvalue weighted by Gasteiger charge is -2.38. The first-order valence-corrected chi connectivity index (χ1v) is 7.92. The molecule has 16 heavy (non-hydrogen) atoms. The summed E-state index contributed by atoms with van der Waals surface area (Å²) in [4.78, 5) is 13.6. The molecule has 0 aromatic heterocycles. The molecular formula is C10H18ClNO3S. The molecule has 94 valence electrons. The van der Waals surface area contributed by atoms with Crippen LogP contribution in [0.1, 0.15) is 26.2 Å². The molecular weight excluding hydrogens is 250 g/mol. The first-order valence-electron chi connectivity index (χ1n) is 5.43. The SMILES string of the molecule is CC(C(=O)N(CCCl)C1CCC1)S(C)(=O)=O. The summed E-state index contributed by atoms with van der Waals surface area (Å²) in [7, 11) is -3.32. The van der Waals surface area contributed by atoms with Gasteiger partial charge in [0.25, 0.3) is 0 Å². The number of amides is 1. The smallest absolute Gasteiger partial charge is 0.240 e. The molecule has 0 aromatic carbocycles. The van der Waals surface area contributed by atoms with Crippen LogP contribution in [0, 0.1) is 0 Å². The standard InChI is InChI=1S/C10H18ClNO3S/c1-8(16(2,14)15)10(13)12(7-6-11)9-4-3-5-9/h8-9H,3-7H2,1-2H3. The Morgan fingerprint density at radius 2 is 2.06 bits per heavy atom. The van der Waals surface area contributed by atoms with E-state index in [2.05, 4.69) is 0 Å². The summed E-state index contributed by atoms with van der Waals surface area (Å²) < 4.78 is 22.7. The van der Waals surface area contributed by atoms with Crippen LogP contribution in [0.15, 0.2) is 0 Å². The second-order valence-electron chi connectivity index (χ2n) is 4.28. The molecule has 0 aliphatic heterocycles. The van der Waals surface area contributed by atoms with Gasteiger partial charge in [0, 0.05) is 24.7 Å². The van der Waals surface area contributed by atoms with Crippen molar-refractivity contribution in [1.82, 2.24) is 4.90 Å². The molecule has 4 nitrogen and oxygen atoms in total. The topological polar surface area (TPSA) is 54.5 Å². The summed E-state index contributed by atoms with van der Waals surface area (Å²) in [5.74, 6) is 0.0338. The molecule has 1 rings (SSSR count). The Balaban J connectivity index is 2.74. The molecule has 0 N–H and O–H groups in total. The fourth-order valence-corrected chi connectivity index (χ4v) is 2.36. The monoisotopic (exact) mass is 267 g/mol. The molecule has 0 bridgehead atoms. The minimum absolute atomic E-state index is 0.190. The fourth-order valence-electron chi connectivity index (χ4n) is 1.68. The summed E-state index contributed by atoms with van der Waals surface area (Å²) in [6, 6.07) is 0.190. The van der Waals surface area contributed by atoms with Gasteiger partial charge in [-0.05, 0) is 26.2 Å². The van der Waals surface area contributed by atoms with Gasteiger partial charge in [0.05, 0.1) is 0 Å². The maximum Gasteiger partial charge on any atom is 0.240 e. The molecule has 0 radical (unpaired) electrons. The molecule has 1 atom stereocenters. The fraction of sp³-hybridized carbons (Fsp3) is 0.900. The van der Waals surface area contributed by atoms with Crippen molar-refractivity contribution in [2.24, 2.45) is 0 Å². The lowest BCUT2D eigenvalue weighted by Crippen LogP contribution is -2.50. The third-order valence-electron chi connectivity index (χ3n) is 3.11. The van der Waals surface area contributed by atoms with Gasteiger partial charge in [0.1, 0.15) is 5.25 Å². The predicted molar refractivity (Wildman–Crippen MR) is 64.4 cm³/mol. The van der Waals surface area contributed by atoms with Gasteiger partial charge < -0.3 is 4.90 Å². The number of hydrogen-bond acceptors (Lipinski definition) is 3. The largest absolute Gasteiger partial charge is 0.337 e. The van der Waals surface area contributed by atoms with Crippen LogP contribution in [-0.4, -0.2) is 49.2 Å². The summed E-state index contributed by atoms with van der Waals surface area (Å²) >= 11 is 5.64. The Labute approximate surface area is 102 Å². The Kier molecular flexibility index (Phi) is 4.62. The van der Waals surface area contributed by atoms with Crippen molar-refractivity contribution >= 4 is 27.3 Å². The van der Waals surface area contributed by atoms with Crippen molar-refractivity contribution < 1.29 is 13.2 Å². The van der Waals surface area contributed by atoms with Crippen LogP contribution < -0.4 is 0 Å². The minimum atomic E-state index is -3.32. The average Bonchev–Trinajstić information content (AvgIpc) is 2.10. The van der Waals surface area contributed by atoms with Crippen LogP contribution in [0.5, 0.6) is 0 Å². The average molecular weight is 268 g/mol. The summed E-state index contributed by atoms with van der Waals surface area (Å²) in [5.41, 5.74) is 0. The normalized spacial score (nSPS) is 18.9. The van der Waals surface area contributed by atoms with E-state index in [-0.39, 0.29) is 11.9 Å². The van der Waals surface area contributed by atoms with E-state index in [4.69, 9.17) is 11.6 Å². The number of carbonyl (C=O) groups excluding carboxylic acids is 1. The number of carbonyl (C=O) groups is 1. The maximum absolute atomic E-state index is 12.0. The second kappa shape index (κ2) is 5.36. The van der Waals surface area contributed by atoms with Crippen molar-refractivity contribution in [3.63, 3.8) is 0 Å². The van der Waals surface area contributed by atoms with Crippen molar-refractivity contribution in [3.05, 3.63) is 0 Å². The Morgan fingerprint density at radius 3 is 2.38 bits per heavy atom. The van der Waals surface area contributed by atoms with Gasteiger partial charge in [-0.3, -0.25) is 4.79 Å². The molecule has 0 saturated heterocycles. The first-order chi connectivity index (χ1) is 7.38.